The van der Waals surface area contributed by atoms with Crippen LogP contribution in [-0.4, -0.2) is 56.5 Å². The van der Waals surface area contributed by atoms with E-state index in [2.05, 4.69) is 0 Å². The van der Waals surface area contributed by atoms with Crippen molar-refractivity contribution in [2.24, 2.45) is 0 Å². The number of rotatable bonds is 3. The SMILES string of the molecule is Cc1cc(C(=O)N2CC3CCC(C2)N3C(=O)Cn2ccccc2=O)ccc1O. The lowest BCUT2D eigenvalue weighted by molar-refractivity contribution is -0.137. The van der Waals surface area contributed by atoms with E-state index in [0.29, 0.717) is 24.2 Å². The molecule has 1 aromatic carbocycles. The van der Waals surface area contributed by atoms with Crippen LogP contribution in [0.15, 0.2) is 47.4 Å². The first-order valence-corrected chi connectivity index (χ1v) is 9.49. The number of fused-ring (bicyclic) bond motifs is 2. The molecule has 2 fully saturated rings. The number of carbonyl (C=O) groups excluding carboxylic acids is 2. The van der Waals surface area contributed by atoms with Crippen LogP contribution in [0, 0.1) is 6.92 Å². The van der Waals surface area contributed by atoms with Crippen LogP contribution >= 0.6 is 0 Å². The van der Waals surface area contributed by atoms with Gasteiger partial charge in [-0.05, 0) is 49.6 Å². The van der Waals surface area contributed by atoms with Crippen molar-refractivity contribution < 1.29 is 14.7 Å². The number of piperazine rings is 1. The van der Waals surface area contributed by atoms with Gasteiger partial charge in [0, 0.05) is 43.0 Å². The van der Waals surface area contributed by atoms with Crippen LogP contribution in [0.1, 0.15) is 28.8 Å². The summed E-state index contributed by atoms with van der Waals surface area (Å²) in [5, 5.41) is 9.67. The molecule has 0 aliphatic carbocycles. The van der Waals surface area contributed by atoms with Gasteiger partial charge in [-0.25, -0.2) is 0 Å². The van der Waals surface area contributed by atoms with E-state index in [4.69, 9.17) is 0 Å². The molecular weight excluding hydrogens is 358 g/mol. The first-order valence-electron chi connectivity index (χ1n) is 9.49. The summed E-state index contributed by atoms with van der Waals surface area (Å²) < 4.78 is 1.42. The highest BCUT2D eigenvalue weighted by molar-refractivity contribution is 5.95. The van der Waals surface area contributed by atoms with Crippen LogP contribution in [0.4, 0.5) is 0 Å². The minimum absolute atomic E-state index is 0.0205. The molecule has 0 spiro atoms. The molecule has 2 unspecified atom stereocenters. The summed E-state index contributed by atoms with van der Waals surface area (Å²) in [4.78, 5) is 41.3. The Kier molecular flexibility index (Phi) is 4.66. The van der Waals surface area contributed by atoms with Crippen molar-refractivity contribution in [3.8, 4) is 5.75 Å². The number of hydrogen-bond acceptors (Lipinski definition) is 4. The van der Waals surface area contributed by atoms with E-state index < -0.39 is 0 Å². The Morgan fingerprint density at radius 2 is 1.82 bits per heavy atom. The lowest BCUT2D eigenvalue weighted by Gasteiger charge is -2.41. The monoisotopic (exact) mass is 381 g/mol. The molecule has 2 saturated heterocycles. The van der Waals surface area contributed by atoms with Gasteiger partial charge in [0.2, 0.25) is 5.91 Å². The summed E-state index contributed by atoms with van der Waals surface area (Å²) in [5.41, 5.74) is 1.01. The topological polar surface area (TPSA) is 82.9 Å². The smallest absolute Gasteiger partial charge is 0.254 e. The number of nitrogens with zero attached hydrogens (tertiary/aromatic N) is 3. The van der Waals surface area contributed by atoms with E-state index in [0.717, 1.165) is 12.8 Å². The lowest BCUT2D eigenvalue weighted by Crippen LogP contribution is -2.57. The highest BCUT2D eigenvalue weighted by atomic mass is 16.3. The van der Waals surface area contributed by atoms with Crippen LogP contribution in [0.25, 0.3) is 0 Å². The average molecular weight is 381 g/mol. The van der Waals surface area contributed by atoms with E-state index in [-0.39, 0.29) is 41.8 Å². The number of pyridine rings is 1. The van der Waals surface area contributed by atoms with Crippen molar-refractivity contribution in [3.63, 3.8) is 0 Å². The Morgan fingerprint density at radius 3 is 2.46 bits per heavy atom. The van der Waals surface area contributed by atoms with E-state index in [1.807, 2.05) is 4.90 Å². The summed E-state index contributed by atoms with van der Waals surface area (Å²) in [6.07, 6.45) is 3.34. The molecule has 28 heavy (non-hydrogen) atoms. The Bertz CT molecular complexity index is 970. The fraction of sp³-hybridized carbons (Fsp3) is 0.381. The zero-order chi connectivity index (χ0) is 19.8. The van der Waals surface area contributed by atoms with Gasteiger partial charge < -0.3 is 19.5 Å². The van der Waals surface area contributed by atoms with Gasteiger partial charge in [-0.3, -0.25) is 14.4 Å². The molecule has 0 radical (unpaired) electrons. The summed E-state index contributed by atoms with van der Waals surface area (Å²) in [6.45, 7) is 2.77. The minimum Gasteiger partial charge on any atom is -0.508 e. The summed E-state index contributed by atoms with van der Waals surface area (Å²) in [7, 11) is 0. The van der Waals surface area contributed by atoms with Gasteiger partial charge in [0.15, 0.2) is 0 Å². The number of benzene rings is 1. The maximum Gasteiger partial charge on any atom is 0.254 e. The quantitative estimate of drug-likeness (QED) is 0.871. The number of likely N-dealkylation sites (tertiary alicyclic amines) is 1. The molecule has 2 amide bonds. The largest absolute Gasteiger partial charge is 0.508 e. The number of hydrogen-bond donors (Lipinski definition) is 1. The molecule has 1 N–H and O–H groups in total. The maximum atomic E-state index is 12.9. The Labute approximate surface area is 162 Å². The first kappa shape index (κ1) is 18.3. The number of phenols is 1. The number of aromatic nitrogens is 1. The highest BCUT2D eigenvalue weighted by Gasteiger charge is 2.43. The van der Waals surface area contributed by atoms with Crippen molar-refractivity contribution in [1.82, 2.24) is 14.4 Å². The number of amides is 2. The second-order valence-corrected chi connectivity index (χ2v) is 7.56. The average Bonchev–Trinajstić information content (AvgIpc) is 2.95. The number of carbonyl (C=O) groups is 2. The number of phenolic OH excluding ortho intramolecular Hbond substituents is 1. The standard InChI is InChI=1S/C21H23N3O4/c1-14-10-15(5-8-18(14)25)21(28)23-11-16-6-7-17(12-23)24(16)20(27)13-22-9-3-2-4-19(22)26/h2-5,8-10,16-17,25H,6-7,11-13H2,1H3. The van der Waals surface area contributed by atoms with Crippen molar-refractivity contribution in [2.45, 2.75) is 38.4 Å². The van der Waals surface area contributed by atoms with Crippen molar-refractivity contribution in [3.05, 3.63) is 64.1 Å². The molecule has 0 saturated carbocycles. The Hall–Kier alpha value is -3.09. The van der Waals surface area contributed by atoms with Gasteiger partial charge in [0.1, 0.15) is 12.3 Å². The van der Waals surface area contributed by atoms with Crippen LogP contribution in [0.2, 0.25) is 0 Å². The molecule has 7 heteroatoms. The van der Waals surface area contributed by atoms with Crippen LogP contribution in [0.5, 0.6) is 5.75 Å². The zero-order valence-electron chi connectivity index (χ0n) is 15.7. The summed E-state index contributed by atoms with van der Waals surface area (Å²) in [6, 6.07) is 9.65. The normalized spacial score (nSPS) is 21.0. The number of aromatic hydroxyl groups is 1. The second-order valence-electron chi connectivity index (χ2n) is 7.56. The third-order valence-electron chi connectivity index (χ3n) is 5.71. The number of aryl methyl sites for hydroxylation is 1. The fourth-order valence-electron chi connectivity index (χ4n) is 4.27. The first-order chi connectivity index (χ1) is 13.4. The molecule has 146 valence electrons. The molecule has 2 bridgehead atoms. The van der Waals surface area contributed by atoms with Gasteiger partial charge in [0.05, 0.1) is 0 Å². The van der Waals surface area contributed by atoms with Gasteiger partial charge in [-0.2, -0.15) is 0 Å². The zero-order valence-corrected chi connectivity index (χ0v) is 15.7. The molecule has 7 nitrogen and oxygen atoms in total. The van der Waals surface area contributed by atoms with Gasteiger partial charge >= 0.3 is 0 Å². The predicted molar refractivity (Wildman–Crippen MR) is 103 cm³/mol. The van der Waals surface area contributed by atoms with E-state index in [1.54, 1.807) is 42.3 Å². The predicted octanol–water partition coefficient (Wildman–Crippen LogP) is 1.38. The minimum atomic E-state index is -0.195. The van der Waals surface area contributed by atoms with Crippen LogP contribution < -0.4 is 5.56 Å². The van der Waals surface area contributed by atoms with E-state index >= 15 is 0 Å². The highest BCUT2D eigenvalue weighted by Crippen LogP contribution is 2.31. The Morgan fingerprint density at radius 1 is 1.11 bits per heavy atom. The molecule has 2 aromatic rings. The van der Waals surface area contributed by atoms with Crippen molar-refractivity contribution in [2.75, 3.05) is 13.1 Å². The fourth-order valence-corrected chi connectivity index (χ4v) is 4.27. The van der Waals surface area contributed by atoms with Gasteiger partial charge in [-0.1, -0.05) is 6.07 Å². The third-order valence-corrected chi connectivity index (χ3v) is 5.71. The molecular formula is C21H23N3O4. The maximum absolute atomic E-state index is 12.9. The van der Waals surface area contributed by atoms with E-state index in [1.165, 1.54) is 16.7 Å². The van der Waals surface area contributed by atoms with Crippen LogP contribution in [0.3, 0.4) is 0 Å². The molecule has 3 heterocycles. The second kappa shape index (κ2) is 7.14. The van der Waals surface area contributed by atoms with Gasteiger partial charge in [0.25, 0.3) is 11.5 Å². The molecule has 2 aliphatic heterocycles. The van der Waals surface area contributed by atoms with Crippen molar-refractivity contribution >= 4 is 11.8 Å². The van der Waals surface area contributed by atoms with Crippen molar-refractivity contribution in [1.29, 1.82) is 0 Å². The Balaban J connectivity index is 1.47. The van der Waals surface area contributed by atoms with E-state index in [9.17, 15) is 19.5 Å². The molecule has 4 rings (SSSR count). The lowest BCUT2D eigenvalue weighted by atomic mass is 10.1. The van der Waals surface area contributed by atoms with Crippen LogP contribution in [-0.2, 0) is 11.3 Å². The molecule has 2 aliphatic rings. The third kappa shape index (κ3) is 3.28. The van der Waals surface area contributed by atoms with Gasteiger partial charge in [-0.15, -0.1) is 0 Å². The summed E-state index contributed by atoms with van der Waals surface area (Å²) >= 11 is 0. The molecule has 1 aromatic heterocycles. The summed E-state index contributed by atoms with van der Waals surface area (Å²) in [5.74, 6) is 0.0166. The molecule has 2 atom stereocenters.